The first kappa shape index (κ1) is 18.9. The quantitative estimate of drug-likeness (QED) is 0.705. The summed E-state index contributed by atoms with van der Waals surface area (Å²) in [5.74, 6) is 0. The number of aromatic nitrogens is 2. The van der Waals surface area contributed by atoms with Crippen molar-refractivity contribution >= 4 is 0 Å². The van der Waals surface area contributed by atoms with Gasteiger partial charge in [0, 0.05) is 29.9 Å². The van der Waals surface area contributed by atoms with Crippen LogP contribution in [0.15, 0.2) is 60.8 Å². The number of likely N-dealkylation sites (tertiary alicyclic amines) is 1. The molecule has 1 aliphatic heterocycles. The number of hydrogen-bond donors (Lipinski definition) is 1. The van der Waals surface area contributed by atoms with Gasteiger partial charge in [0.15, 0.2) is 0 Å². The largest absolute Gasteiger partial charge is 0.310 e. The number of aryl methyl sites for hydroxylation is 1. The normalized spacial score (nSPS) is 15.8. The summed E-state index contributed by atoms with van der Waals surface area (Å²) in [5, 5.41) is 8.73. The molecule has 0 spiro atoms. The van der Waals surface area contributed by atoms with E-state index in [9.17, 15) is 0 Å². The molecule has 2 aromatic carbocycles. The van der Waals surface area contributed by atoms with Crippen molar-refractivity contribution in [2.24, 2.45) is 0 Å². The second kappa shape index (κ2) is 8.72. The van der Waals surface area contributed by atoms with Crippen molar-refractivity contribution < 1.29 is 0 Å². The molecule has 1 fully saturated rings. The Bertz CT molecular complexity index is 875. The Balaban J connectivity index is 1.54. The molecule has 0 atom stereocenters. The average molecular weight is 375 g/mol. The standard InChI is InChI=1S/C24H30N4/c1-19-8-10-21(11-9-19)24-22(16-25-23-12-14-27(2)15-13-23)18-28(26-24)17-20-6-4-3-5-7-20/h3-11,18,23,25H,12-17H2,1-2H3. The molecule has 0 bridgehead atoms. The number of rotatable bonds is 6. The van der Waals surface area contributed by atoms with Gasteiger partial charge in [-0.3, -0.25) is 4.68 Å². The average Bonchev–Trinajstić information content (AvgIpc) is 3.11. The predicted octanol–water partition coefficient (Wildman–Crippen LogP) is 4.09. The third-order valence-electron chi connectivity index (χ3n) is 5.65. The molecule has 1 aromatic heterocycles. The molecule has 1 aliphatic rings. The van der Waals surface area contributed by atoms with Crippen molar-refractivity contribution in [2.45, 2.75) is 38.9 Å². The van der Waals surface area contributed by atoms with Crippen LogP contribution in [0.2, 0.25) is 0 Å². The second-order valence-electron chi connectivity index (χ2n) is 8.01. The van der Waals surface area contributed by atoms with Crippen LogP contribution in [0.5, 0.6) is 0 Å². The highest BCUT2D eigenvalue weighted by atomic mass is 15.3. The van der Waals surface area contributed by atoms with Crippen molar-refractivity contribution in [3.05, 3.63) is 77.5 Å². The molecule has 1 saturated heterocycles. The SMILES string of the molecule is Cc1ccc(-c2nn(Cc3ccccc3)cc2CNC2CCN(C)CC2)cc1. The van der Waals surface area contributed by atoms with Gasteiger partial charge in [0.25, 0.3) is 0 Å². The molecule has 4 rings (SSSR count). The summed E-state index contributed by atoms with van der Waals surface area (Å²) < 4.78 is 2.08. The summed E-state index contributed by atoms with van der Waals surface area (Å²) in [6.45, 7) is 6.14. The second-order valence-corrected chi connectivity index (χ2v) is 8.01. The lowest BCUT2D eigenvalue weighted by atomic mass is 10.0. The van der Waals surface area contributed by atoms with Crippen LogP contribution in [0.25, 0.3) is 11.3 Å². The highest BCUT2D eigenvalue weighted by Gasteiger charge is 2.18. The van der Waals surface area contributed by atoms with Crippen LogP contribution in [0.4, 0.5) is 0 Å². The van der Waals surface area contributed by atoms with Crippen LogP contribution in [-0.2, 0) is 13.1 Å². The maximum atomic E-state index is 4.95. The van der Waals surface area contributed by atoms with Crippen LogP contribution in [0, 0.1) is 6.92 Å². The van der Waals surface area contributed by atoms with Crippen LogP contribution >= 0.6 is 0 Å². The van der Waals surface area contributed by atoms with Crippen LogP contribution < -0.4 is 5.32 Å². The topological polar surface area (TPSA) is 33.1 Å². The third kappa shape index (κ3) is 4.70. The van der Waals surface area contributed by atoms with Gasteiger partial charge in [-0.25, -0.2) is 0 Å². The molecule has 28 heavy (non-hydrogen) atoms. The Labute approximate surface area is 168 Å². The summed E-state index contributed by atoms with van der Waals surface area (Å²) in [5.41, 5.74) is 6.11. The predicted molar refractivity (Wildman–Crippen MR) is 115 cm³/mol. The first-order valence-corrected chi connectivity index (χ1v) is 10.3. The van der Waals surface area contributed by atoms with E-state index in [0.717, 1.165) is 18.8 Å². The van der Waals surface area contributed by atoms with E-state index < -0.39 is 0 Å². The van der Waals surface area contributed by atoms with E-state index in [0.29, 0.717) is 6.04 Å². The minimum atomic E-state index is 0.597. The smallest absolute Gasteiger partial charge is 0.0968 e. The summed E-state index contributed by atoms with van der Waals surface area (Å²) >= 11 is 0. The van der Waals surface area contributed by atoms with Crippen LogP contribution in [0.3, 0.4) is 0 Å². The fourth-order valence-electron chi connectivity index (χ4n) is 3.86. The van der Waals surface area contributed by atoms with Crippen molar-refractivity contribution in [3.63, 3.8) is 0 Å². The Kier molecular flexibility index (Phi) is 5.89. The molecule has 4 heteroatoms. The van der Waals surface area contributed by atoms with Gasteiger partial charge in [0.05, 0.1) is 12.2 Å². The van der Waals surface area contributed by atoms with Crippen molar-refractivity contribution in [3.8, 4) is 11.3 Å². The van der Waals surface area contributed by atoms with E-state index in [1.165, 1.54) is 48.2 Å². The van der Waals surface area contributed by atoms with Gasteiger partial charge in [-0.2, -0.15) is 5.10 Å². The summed E-state index contributed by atoms with van der Waals surface area (Å²) in [7, 11) is 2.21. The maximum Gasteiger partial charge on any atom is 0.0968 e. The monoisotopic (exact) mass is 374 g/mol. The van der Waals surface area contributed by atoms with Gasteiger partial charge in [0.2, 0.25) is 0 Å². The van der Waals surface area contributed by atoms with Gasteiger partial charge in [0.1, 0.15) is 0 Å². The molecule has 4 nitrogen and oxygen atoms in total. The fourth-order valence-corrected chi connectivity index (χ4v) is 3.86. The van der Waals surface area contributed by atoms with Crippen LogP contribution in [-0.4, -0.2) is 40.9 Å². The molecule has 146 valence electrons. The fraction of sp³-hybridized carbons (Fsp3) is 0.375. The number of nitrogens with one attached hydrogen (secondary N) is 1. The van der Waals surface area contributed by atoms with Gasteiger partial charge >= 0.3 is 0 Å². The molecule has 0 unspecified atom stereocenters. The molecule has 0 amide bonds. The van der Waals surface area contributed by atoms with Crippen LogP contribution in [0.1, 0.15) is 29.5 Å². The summed E-state index contributed by atoms with van der Waals surface area (Å²) in [6.07, 6.45) is 4.65. The zero-order valence-corrected chi connectivity index (χ0v) is 16.9. The van der Waals surface area contributed by atoms with Gasteiger partial charge in [-0.05, 0) is 45.5 Å². The molecule has 1 N–H and O–H groups in total. The first-order valence-electron chi connectivity index (χ1n) is 10.3. The minimum Gasteiger partial charge on any atom is -0.310 e. The van der Waals surface area contributed by atoms with E-state index in [-0.39, 0.29) is 0 Å². The zero-order valence-electron chi connectivity index (χ0n) is 16.9. The zero-order chi connectivity index (χ0) is 19.3. The Morgan fingerprint density at radius 3 is 2.43 bits per heavy atom. The number of hydrogen-bond acceptors (Lipinski definition) is 3. The summed E-state index contributed by atoms with van der Waals surface area (Å²) in [6, 6.07) is 19.8. The van der Waals surface area contributed by atoms with E-state index in [4.69, 9.17) is 5.10 Å². The van der Waals surface area contributed by atoms with E-state index >= 15 is 0 Å². The highest BCUT2D eigenvalue weighted by molar-refractivity contribution is 5.63. The Morgan fingerprint density at radius 1 is 1.00 bits per heavy atom. The molecule has 2 heterocycles. The van der Waals surface area contributed by atoms with Crippen molar-refractivity contribution in [1.29, 1.82) is 0 Å². The lowest BCUT2D eigenvalue weighted by molar-refractivity contribution is 0.234. The van der Waals surface area contributed by atoms with Crippen molar-refractivity contribution in [2.75, 3.05) is 20.1 Å². The molecule has 3 aromatic rings. The number of piperidine rings is 1. The number of benzene rings is 2. The molecular weight excluding hydrogens is 344 g/mol. The molecule has 0 saturated carbocycles. The first-order chi connectivity index (χ1) is 13.7. The van der Waals surface area contributed by atoms with E-state index in [2.05, 4.69) is 89.7 Å². The highest BCUT2D eigenvalue weighted by Crippen LogP contribution is 2.23. The van der Waals surface area contributed by atoms with Gasteiger partial charge < -0.3 is 10.2 Å². The molecule has 0 radical (unpaired) electrons. The molecule has 0 aliphatic carbocycles. The van der Waals surface area contributed by atoms with Gasteiger partial charge in [-0.15, -0.1) is 0 Å². The minimum absolute atomic E-state index is 0.597. The third-order valence-corrected chi connectivity index (χ3v) is 5.65. The lowest BCUT2D eigenvalue weighted by Crippen LogP contribution is -2.40. The Morgan fingerprint density at radius 2 is 1.71 bits per heavy atom. The van der Waals surface area contributed by atoms with E-state index in [1.807, 2.05) is 0 Å². The summed E-state index contributed by atoms with van der Waals surface area (Å²) in [4.78, 5) is 2.41. The number of nitrogens with zero attached hydrogens (tertiary/aromatic N) is 3. The maximum absolute atomic E-state index is 4.95. The van der Waals surface area contributed by atoms with Crippen molar-refractivity contribution in [1.82, 2.24) is 20.0 Å². The lowest BCUT2D eigenvalue weighted by Gasteiger charge is -2.29. The Hall–Kier alpha value is -2.43. The van der Waals surface area contributed by atoms with Gasteiger partial charge in [-0.1, -0.05) is 60.2 Å². The molecular formula is C24H30N4. The van der Waals surface area contributed by atoms with E-state index in [1.54, 1.807) is 0 Å².